The first-order chi connectivity index (χ1) is 12.0. The Hall–Kier alpha value is -2.26. The molecule has 4 heterocycles. The molecule has 0 bridgehead atoms. The molecule has 4 rings (SSSR count). The normalized spacial score (nSPS) is 27.9. The van der Waals surface area contributed by atoms with Gasteiger partial charge in [-0.2, -0.15) is 5.10 Å². The van der Waals surface area contributed by atoms with Gasteiger partial charge in [-0.1, -0.05) is 0 Å². The summed E-state index contributed by atoms with van der Waals surface area (Å²) >= 11 is 0. The molecule has 25 heavy (non-hydrogen) atoms. The van der Waals surface area contributed by atoms with Crippen molar-refractivity contribution in [2.75, 3.05) is 0 Å². The second kappa shape index (κ2) is 5.92. The van der Waals surface area contributed by atoms with E-state index in [0.29, 0.717) is 11.2 Å². The maximum atomic E-state index is 10.5. The highest BCUT2D eigenvalue weighted by Crippen LogP contribution is 2.37. The molecule has 8 nitrogen and oxygen atoms in total. The SMILES string of the molecule is Cc1ccnc2c1ccn2[C@@H]1O[C@H]([C@@H](O)c2cnn(C)c2)[C@@H](O)[C@H]1O. The van der Waals surface area contributed by atoms with Crippen LogP contribution >= 0.6 is 0 Å². The zero-order valence-electron chi connectivity index (χ0n) is 13.9. The van der Waals surface area contributed by atoms with Crippen molar-refractivity contribution >= 4 is 11.0 Å². The number of nitrogens with zero attached hydrogens (tertiary/aromatic N) is 4. The predicted molar refractivity (Wildman–Crippen MR) is 88.6 cm³/mol. The third kappa shape index (κ3) is 2.54. The van der Waals surface area contributed by atoms with Crippen LogP contribution in [0, 0.1) is 6.92 Å². The van der Waals surface area contributed by atoms with Crippen LogP contribution in [0.15, 0.2) is 36.9 Å². The van der Waals surface area contributed by atoms with Crippen LogP contribution in [-0.2, 0) is 11.8 Å². The largest absolute Gasteiger partial charge is 0.387 e. The lowest BCUT2D eigenvalue weighted by Gasteiger charge is -2.20. The van der Waals surface area contributed by atoms with Gasteiger partial charge in [-0.25, -0.2) is 4.98 Å². The van der Waals surface area contributed by atoms with Crippen molar-refractivity contribution in [3.05, 3.63) is 48.0 Å². The molecule has 3 aromatic rings. The van der Waals surface area contributed by atoms with Gasteiger partial charge in [0.15, 0.2) is 6.23 Å². The van der Waals surface area contributed by atoms with Crippen molar-refractivity contribution in [1.82, 2.24) is 19.3 Å². The van der Waals surface area contributed by atoms with Gasteiger partial charge in [0.25, 0.3) is 0 Å². The molecule has 0 aliphatic carbocycles. The molecule has 1 fully saturated rings. The molecular formula is C17H20N4O4. The molecule has 8 heteroatoms. The number of pyridine rings is 1. The van der Waals surface area contributed by atoms with Crippen LogP contribution in [0.25, 0.3) is 11.0 Å². The van der Waals surface area contributed by atoms with Gasteiger partial charge in [0.1, 0.15) is 30.1 Å². The molecule has 5 atom stereocenters. The van der Waals surface area contributed by atoms with E-state index in [4.69, 9.17) is 4.74 Å². The van der Waals surface area contributed by atoms with Crippen molar-refractivity contribution < 1.29 is 20.1 Å². The second-order valence-electron chi connectivity index (χ2n) is 6.45. The van der Waals surface area contributed by atoms with Crippen molar-refractivity contribution in [1.29, 1.82) is 0 Å². The van der Waals surface area contributed by atoms with Gasteiger partial charge in [0.2, 0.25) is 0 Å². The Morgan fingerprint density at radius 1 is 1.24 bits per heavy atom. The highest BCUT2D eigenvalue weighted by Gasteiger charge is 2.47. The van der Waals surface area contributed by atoms with Gasteiger partial charge >= 0.3 is 0 Å². The van der Waals surface area contributed by atoms with E-state index in [2.05, 4.69) is 10.1 Å². The fraction of sp³-hybridized carbons (Fsp3) is 0.412. The Labute approximate surface area is 143 Å². The molecule has 3 N–H and O–H groups in total. The minimum absolute atomic E-state index is 0.519. The quantitative estimate of drug-likeness (QED) is 0.636. The number of aliphatic hydroxyl groups excluding tert-OH is 3. The average Bonchev–Trinajstić information content (AvgIpc) is 3.27. The van der Waals surface area contributed by atoms with Gasteiger partial charge < -0.3 is 24.6 Å². The van der Waals surface area contributed by atoms with E-state index in [0.717, 1.165) is 10.9 Å². The lowest BCUT2D eigenvalue weighted by atomic mass is 10.0. The third-order valence-corrected chi connectivity index (χ3v) is 4.76. The number of aliphatic hydroxyl groups is 3. The number of ether oxygens (including phenoxy) is 1. The van der Waals surface area contributed by atoms with E-state index in [9.17, 15) is 15.3 Å². The fourth-order valence-corrected chi connectivity index (χ4v) is 3.36. The van der Waals surface area contributed by atoms with E-state index < -0.39 is 30.6 Å². The number of aryl methyl sites for hydroxylation is 2. The number of hydrogen-bond acceptors (Lipinski definition) is 6. The van der Waals surface area contributed by atoms with E-state index in [1.54, 1.807) is 34.9 Å². The van der Waals surface area contributed by atoms with Crippen molar-refractivity contribution in [3.8, 4) is 0 Å². The van der Waals surface area contributed by atoms with Crippen LogP contribution in [0.3, 0.4) is 0 Å². The van der Waals surface area contributed by atoms with E-state index in [1.165, 1.54) is 6.20 Å². The Bertz CT molecular complexity index is 905. The first-order valence-electron chi connectivity index (χ1n) is 8.07. The average molecular weight is 344 g/mol. The molecule has 1 saturated heterocycles. The number of aromatic nitrogens is 4. The number of fused-ring (bicyclic) bond motifs is 1. The van der Waals surface area contributed by atoms with Gasteiger partial charge in [0.05, 0.1) is 6.20 Å². The van der Waals surface area contributed by atoms with Gasteiger partial charge in [-0.15, -0.1) is 0 Å². The van der Waals surface area contributed by atoms with Crippen LogP contribution in [-0.4, -0.2) is 53.0 Å². The topological polar surface area (TPSA) is 106 Å². The highest BCUT2D eigenvalue weighted by atomic mass is 16.6. The Kier molecular flexibility index (Phi) is 3.84. The summed E-state index contributed by atoms with van der Waals surface area (Å²) in [7, 11) is 1.74. The summed E-state index contributed by atoms with van der Waals surface area (Å²) in [6.45, 7) is 1.98. The summed E-state index contributed by atoms with van der Waals surface area (Å²) in [6.07, 6.45) is 1.30. The smallest absolute Gasteiger partial charge is 0.164 e. The minimum Gasteiger partial charge on any atom is -0.387 e. The van der Waals surface area contributed by atoms with Crippen LogP contribution in [0.5, 0.6) is 0 Å². The highest BCUT2D eigenvalue weighted by molar-refractivity contribution is 5.79. The zero-order valence-corrected chi connectivity index (χ0v) is 13.9. The predicted octanol–water partition coefficient (Wildman–Crippen LogP) is 0.431. The molecule has 3 aromatic heterocycles. The fourth-order valence-electron chi connectivity index (χ4n) is 3.36. The van der Waals surface area contributed by atoms with Gasteiger partial charge in [-0.3, -0.25) is 4.68 Å². The molecule has 132 valence electrons. The summed E-state index contributed by atoms with van der Waals surface area (Å²) in [5.41, 5.74) is 2.24. The molecule has 1 aliphatic rings. The molecule has 1 aliphatic heterocycles. The van der Waals surface area contributed by atoms with E-state index in [-0.39, 0.29) is 0 Å². The van der Waals surface area contributed by atoms with Crippen LogP contribution in [0.2, 0.25) is 0 Å². The van der Waals surface area contributed by atoms with Gasteiger partial charge in [0, 0.05) is 36.6 Å². The number of rotatable bonds is 3. The second-order valence-corrected chi connectivity index (χ2v) is 6.45. The Morgan fingerprint density at radius 2 is 2.04 bits per heavy atom. The maximum Gasteiger partial charge on any atom is 0.164 e. The number of hydrogen-bond donors (Lipinski definition) is 3. The summed E-state index contributed by atoms with van der Waals surface area (Å²) < 4.78 is 9.08. The van der Waals surface area contributed by atoms with Crippen LogP contribution in [0.4, 0.5) is 0 Å². The molecule has 0 aromatic carbocycles. The first-order valence-corrected chi connectivity index (χ1v) is 8.07. The summed E-state index contributed by atoms with van der Waals surface area (Å²) in [5, 5.41) is 36.4. The van der Waals surface area contributed by atoms with Crippen molar-refractivity contribution in [3.63, 3.8) is 0 Å². The van der Waals surface area contributed by atoms with E-state index >= 15 is 0 Å². The molecule has 0 amide bonds. The van der Waals surface area contributed by atoms with Crippen LogP contribution in [0.1, 0.15) is 23.5 Å². The summed E-state index contributed by atoms with van der Waals surface area (Å²) in [6, 6.07) is 3.80. The maximum absolute atomic E-state index is 10.5. The summed E-state index contributed by atoms with van der Waals surface area (Å²) in [5.74, 6) is 0. The molecule has 0 unspecified atom stereocenters. The van der Waals surface area contributed by atoms with E-state index in [1.807, 2.05) is 19.1 Å². The monoisotopic (exact) mass is 344 g/mol. The molecule has 0 saturated carbocycles. The molecule has 0 radical (unpaired) electrons. The van der Waals surface area contributed by atoms with Gasteiger partial charge in [-0.05, 0) is 24.6 Å². The zero-order chi connectivity index (χ0) is 17.7. The summed E-state index contributed by atoms with van der Waals surface area (Å²) in [4.78, 5) is 4.35. The van der Waals surface area contributed by atoms with Crippen LogP contribution < -0.4 is 0 Å². The first kappa shape index (κ1) is 16.2. The third-order valence-electron chi connectivity index (χ3n) is 4.76. The lowest BCUT2D eigenvalue weighted by Crippen LogP contribution is -2.34. The standard InChI is InChI=1S/C17H20N4O4/c1-9-3-5-18-16-11(9)4-6-21(16)17-14(24)13(23)15(25-17)12(22)10-7-19-20(2)8-10/h3-8,12-15,17,22-24H,1-2H3/t12-,13-,14+,15+,17+/m0/s1. The minimum atomic E-state index is -1.23. The molecular weight excluding hydrogens is 324 g/mol. The van der Waals surface area contributed by atoms with Crippen molar-refractivity contribution in [2.45, 2.75) is 37.6 Å². The van der Waals surface area contributed by atoms with Crippen molar-refractivity contribution in [2.24, 2.45) is 7.05 Å². The Balaban J connectivity index is 1.66. The Morgan fingerprint density at radius 3 is 2.76 bits per heavy atom. The lowest BCUT2D eigenvalue weighted by molar-refractivity contribution is -0.0848. The molecule has 0 spiro atoms.